The van der Waals surface area contributed by atoms with Crippen LogP contribution in [-0.4, -0.2) is 15.0 Å². The molecular weight excluding hydrogens is 675 g/mol. The van der Waals surface area contributed by atoms with Crippen molar-refractivity contribution in [2.24, 2.45) is 0 Å². The van der Waals surface area contributed by atoms with Gasteiger partial charge in [0.1, 0.15) is 0 Å². The number of nitrogens with zero attached hydrogens (tertiary/aromatic N) is 3. The largest absolute Gasteiger partial charge is 0.208 e. The minimum Gasteiger partial charge on any atom is -0.208 e. The lowest BCUT2D eigenvalue weighted by atomic mass is 9.67. The third-order valence-corrected chi connectivity index (χ3v) is 12.1. The Hall–Kier alpha value is -6.62. The molecule has 1 aromatic heterocycles. The first-order valence-electron chi connectivity index (χ1n) is 18.3. The smallest absolute Gasteiger partial charge is 0.164 e. The Morgan fingerprint density at radius 3 is 1.54 bits per heavy atom. The highest BCUT2D eigenvalue weighted by molar-refractivity contribution is 7.99. The van der Waals surface area contributed by atoms with E-state index in [-0.39, 0.29) is 5.41 Å². The van der Waals surface area contributed by atoms with E-state index < -0.39 is 0 Å². The van der Waals surface area contributed by atoms with Gasteiger partial charge in [-0.3, -0.25) is 0 Å². The Kier molecular flexibility index (Phi) is 7.01. The van der Waals surface area contributed by atoms with Crippen LogP contribution in [0.25, 0.3) is 67.2 Å². The summed E-state index contributed by atoms with van der Waals surface area (Å²) in [5, 5.41) is 2.34. The summed E-state index contributed by atoms with van der Waals surface area (Å²) in [6.07, 6.45) is 0. The van der Waals surface area contributed by atoms with Crippen LogP contribution in [0.1, 0.15) is 22.3 Å². The second kappa shape index (κ2) is 12.2. The first-order valence-corrected chi connectivity index (χ1v) is 19.1. The molecule has 2 aliphatic rings. The summed E-state index contributed by atoms with van der Waals surface area (Å²) < 4.78 is 0. The van der Waals surface area contributed by atoms with Crippen LogP contribution in [0.3, 0.4) is 0 Å². The minimum absolute atomic E-state index is 0.370. The van der Waals surface area contributed by atoms with E-state index in [1.165, 1.54) is 54.1 Å². The Balaban J connectivity index is 1.01. The standard InChI is InChI=1S/C50H31N3S/c1-2-13-34(14-3-1)47-51-48(53-49(52-47)38-27-24-32-12-4-5-15-36(32)30-38)35-25-22-33(23-26-35)37-28-29-44-46(31-37)54-45-21-11-10-20-43(45)50(44)41-18-8-6-16-39(41)40-17-7-9-19-42(40)50/h1-31H. The van der Waals surface area contributed by atoms with Gasteiger partial charge in [0, 0.05) is 26.5 Å². The van der Waals surface area contributed by atoms with Gasteiger partial charge < -0.3 is 0 Å². The van der Waals surface area contributed by atoms with Gasteiger partial charge in [-0.25, -0.2) is 15.0 Å². The summed E-state index contributed by atoms with van der Waals surface area (Å²) in [6.45, 7) is 0. The molecule has 0 saturated heterocycles. The number of fused-ring (bicyclic) bond motifs is 10. The third-order valence-electron chi connectivity index (χ3n) is 11.0. The van der Waals surface area contributed by atoms with E-state index in [2.05, 4.69) is 158 Å². The van der Waals surface area contributed by atoms with E-state index in [1.54, 1.807) is 0 Å². The average molecular weight is 706 g/mol. The van der Waals surface area contributed by atoms with Crippen molar-refractivity contribution in [3.8, 4) is 56.4 Å². The number of aromatic nitrogens is 3. The third kappa shape index (κ3) is 4.74. The van der Waals surface area contributed by atoms with E-state index in [9.17, 15) is 0 Å². The van der Waals surface area contributed by atoms with E-state index >= 15 is 0 Å². The quantitative estimate of drug-likeness (QED) is 0.183. The van der Waals surface area contributed by atoms with E-state index in [1.807, 2.05) is 42.1 Å². The maximum atomic E-state index is 5.04. The normalized spacial score (nSPS) is 13.3. The lowest BCUT2D eigenvalue weighted by molar-refractivity contribution is 0.722. The van der Waals surface area contributed by atoms with Crippen LogP contribution in [0.4, 0.5) is 0 Å². The SMILES string of the molecule is c1ccc(-c2nc(-c3ccc(-c4ccc5c(c4)Sc4ccccc4C54c5ccccc5-c5ccccc54)cc3)nc(-c3ccc4ccccc4c3)n2)cc1. The van der Waals surface area contributed by atoms with Gasteiger partial charge in [0.05, 0.1) is 5.41 Å². The Morgan fingerprint density at radius 1 is 0.315 bits per heavy atom. The maximum Gasteiger partial charge on any atom is 0.164 e. The van der Waals surface area contributed by atoms with Crippen LogP contribution >= 0.6 is 11.8 Å². The van der Waals surface area contributed by atoms with Crippen molar-refractivity contribution in [3.63, 3.8) is 0 Å². The minimum atomic E-state index is -0.370. The fourth-order valence-electron chi connectivity index (χ4n) is 8.53. The average Bonchev–Trinajstić information content (AvgIpc) is 3.54. The van der Waals surface area contributed by atoms with Crippen LogP contribution in [0.2, 0.25) is 0 Å². The van der Waals surface area contributed by atoms with Crippen LogP contribution < -0.4 is 0 Å². The van der Waals surface area contributed by atoms with Crippen molar-refractivity contribution in [1.82, 2.24) is 15.0 Å². The number of rotatable bonds is 4. The fraction of sp³-hybridized carbons (Fsp3) is 0.0200. The molecule has 0 radical (unpaired) electrons. The predicted octanol–water partition coefficient (Wildman–Crippen LogP) is 12.5. The van der Waals surface area contributed by atoms with Crippen molar-refractivity contribution >= 4 is 22.5 Å². The topological polar surface area (TPSA) is 38.7 Å². The van der Waals surface area contributed by atoms with Gasteiger partial charge >= 0.3 is 0 Å². The molecule has 0 unspecified atom stereocenters. The zero-order valence-electron chi connectivity index (χ0n) is 29.1. The van der Waals surface area contributed by atoms with Crippen molar-refractivity contribution in [2.75, 3.05) is 0 Å². The zero-order chi connectivity index (χ0) is 35.6. The van der Waals surface area contributed by atoms with Crippen molar-refractivity contribution in [3.05, 3.63) is 210 Å². The molecule has 0 fully saturated rings. The molecule has 0 bridgehead atoms. The van der Waals surface area contributed by atoms with Crippen LogP contribution in [0.5, 0.6) is 0 Å². The summed E-state index contributed by atoms with van der Waals surface area (Å²) in [7, 11) is 0. The van der Waals surface area contributed by atoms with Crippen LogP contribution in [0, 0.1) is 0 Å². The van der Waals surface area contributed by atoms with E-state index in [0.717, 1.165) is 27.6 Å². The van der Waals surface area contributed by atoms with Gasteiger partial charge in [0.25, 0.3) is 0 Å². The highest BCUT2D eigenvalue weighted by Gasteiger charge is 2.50. The Labute approximate surface area is 318 Å². The number of hydrogen-bond acceptors (Lipinski definition) is 4. The van der Waals surface area contributed by atoms with Gasteiger partial charge in [-0.1, -0.05) is 182 Å². The molecule has 2 heterocycles. The molecule has 0 atom stereocenters. The zero-order valence-corrected chi connectivity index (χ0v) is 30.0. The molecular formula is C50H31N3S. The molecule has 252 valence electrons. The molecule has 11 rings (SSSR count). The molecule has 0 saturated carbocycles. The highest BCUT2D eigenvalue weighted by Crippen LogP contribution is 2.62. The second-order valence-electron chi connectivity index (χ2n) is 14.0. The molecule has 3 nitrogen and oxygen atoms in total. The molecule has 4 heteroatoms. The maximum absolute atomic E-state index is 5.04. The van der Waals surface area contributed by atoms with E-state index in [0.29, 0.717) is 17.5 Å². The second-order valence-corrected chi connectivity index (χ2v) is 15.0. The number of benzene rings is 8. The molecule has 1 aliphatic heterocycles. The van der Waals surface area contributed by atoms with E-state index in [4.69, 9.17) is 15.0 Å². The first-order chi connectivity index (χ1) is 26.7. The molecule has 1 aliphatic carbocycles. The van der Waals surface area contributed by atoms with Gasteiger partial charge in [-0.15, -0.1) is 0 Å². The molecule has 1 spiro atoms. The highest BCUT2D eigenvalue weighted by atomic mass is 32.2. The summed E-state index contributed by atoms with van der Waals surface area (Å²) in [5.41, 5.74) is 12.9. The van der Waals surface area contributed by atoms with Gasteiger partial charge in [-0.2, -0.15) is 0 Å². The predicted molar refractivity (Wildman–Crippen MR) is 221 cm³/mol. The van der Waals surface area contributed by atoms with Crippen LogP contribution in [0.15, 0.2) is 198 Å². The molecule has 8 aromatic carbocycles. The van der Waals surface area contributed by atoms with Gasteiger partial charge in [0.15, 0.2) is 17.5 Å². The summed E-state index contributed by atoms with van der Waals surface area (Å²) in [6, 6.07) is 67.5. The number of hydrogen-bond donors (Lipinski definition) is 0. The summed E-state index contributed by atoms with van der Waals surface area (Å²) in [4.78, 5) is 17.6. The molecule has 9 aromatic rings. The lowest BCUT2D eigenvalue weighted by Crippen LogP contribution is -2.31. The monoisotopic (exact) mass is 705 g/mol. The summed E-state index contributed by atoms with van der Waals surface area (Å²) in [5.74, 6) is 1.96. The molecule has 0 N–H and O–H groups in total. The first kappa shape index (κ1) is 31.0. The molecule has 0 amide bonds. The molecule has 54 heavy (non-hydrogen) atoms. The van der Waals surface area contributed by atoms with Crippen molar-refractivity contribution < 1.29 is 0 Å². The van der Waals surface area contributed by atoms with Crippen molar-refractivity contribution in [1.29, 1.82) is 0 Å². The van der Waals surface area contributed by atoms with Crippen LogP contribution in [-0.2, 0) is 5.41 Å². The Morgan fingerprint density at radius 2 is 0.815 bits per heavy atom. The van der Waals surface area contributed by atoms with Gasteiger partial charge in [0.2, 0.25) is 0 Å². The Bertz CT molecular complexity index is 2870. The summed E-state index contributed by atoms with van der Waals surface area (Å²) >= 11 is 1.87. The fourth-order valence-corrected chi connectivity index (χ4v) is 9.76. The van der Waals surface area contributed by atoms with Gasteiger partial charge in [-0.05, 0) is 73.5 Å². The van der Waals surface area contributed by atoms with Crippen molar-refractivity contribution in [2.45, 2.75) is 15.2 Å². The lowest BCUT2D eigenvalue weighted by Gasteiger charge is -2.39.